The number of thioether (sulfide) groups is 1. The Morgan fingerprint density at radius 3 is 2.33 bits per heavy atom. The Balaban J connectivity index is 2.43. The van der Waals surface area contributed by atoms with Crippen molar-refractivity contribution in [3.05, 3.63) is 29.8 Å². The van der Waals surface area contributed by atoms with Crippen LogP contribution in [0.5, 0.6) is 0 Å². The lowest BCUT2D eigenvalue weighted by atomic mass is 10.1. The van der Waals surface area contributed by atoms with Crippen LogP contribution in [-0.2, 0) is 0 Å². The summed E-state index contributed by atoms with van der Waals surface area (Å²) in [5.74, 6) is 1.13. The van der Waals surface area contributed by atoms with Crippen molar-refractivity contribution < 1.29 is 0 Å². The van der Waals surface area contributed by atoms with Crippen LogP contribution in [0.3, 0.4) is 0 Å². The third-order valence-electron chi connectivity index (χ3n) is 2.21. The molecule has 0 amide bonds. The summed E-state index contributed by atoms with van der Waals surface area (Å²) in [6.45, 7) is 3.12. The molecule has 1 rings (SSSR count). The fourth-order valence-corrected chi connectivity index (χ4v) is 2.23. The van der Waals surface area contributed by atoms with E-state index in [1.807, 2.05) is 18.7 Å². The van der Waals surface area contributed by atoms with Gasteiger partial charge in [-0.3, -0.25) is 0 Å². The van der Waals surface area contributed by atoms with Crippen LogP contribution in [0.15, 0.2) is 29.2 Å². The Bertz CT molecular complexity index is 280. The van der Waals surface area contributed by atoms with E-state index in [1.54, 1.807) is 0 Å². The highest BCUT2D eigenvalue weighted by atomic mass is 32.2. The van der Waals surface area contributed by atoms with E-state index in [0.717, 1.165) is 12.3 Å². The molecule has 0 spiro atoms. The molecule has 0 aromatic heterocycles. The summed E-state index contributed by atoms with van der Waals surface area (Å²) in [7, 11) is 4.19. The molecule has 0 saturated carbocycles. The van der Waals surface area contributed by atoms with Gasteiger partial charge in [0.2, 0.25) is 0 Å². The minimum Gasteiger partial charge on any atom is -0.324 e. The molecule has 0 fully saturated rings. The molecule has 1 aromatic rings. The second-order valence-corrected chi connectivity index (χ2v) is 5.18. The maximum absolute atomic E-state index is 5.79. The van der Waals surface area contributed by atoms with Gasteiger partial charge < -0.3 is 10.6 Å². The van der Waals surface area contributed by atoms with E-state index in [0.29, 0.717) is 0 Å². The zero-order valence-corrected chi connectivity index (χ0v) is 10.6. The average Bonchev–Trinajstić information content (AvgIpc) is 2.18. The van der Waals surface area contributed by atoms with E-state index in [1.165, 1.54) is 10.5 Å². The van der Waals surface area contributed by atoms with Gasteiger partial charge in [-0.2, -0.15) is 0 Å². The number of benzene rings is 1. The van der Waals surface area contributed by atoms with E-state index in [-0.39, 0.29) is 6.04 Å². The highest BCUT2D eigenvalue weighted by molar-refractivity contribution is 7.99. The molecule has 0 bridgehead atoms. The predicted octanol–water partition coefficient (Wildman–Crippen LogP) is 2.36. The van der Waals surface area contributed by atoms with Crippen molar-refractivity contribution >= 4 is 11.8 Å². The van der Waals surface area contributed by atoms with E-state index >= 15 is 0 Å². The Hall–Kier alpha value is -0.510. The van der Waals surface area contributed by atoms with Gasteiger partial charge in [-0.05, 0) is 38.7 Å². The van der Waals surface area contributed by atoms with Crippen molar-refractivity contribution in [2.45, 2.75) is 17.9 Å². The zero-order chi connectivity index (χ0) is 11.3. The minimum absolute atomic E-state index is 0.130. The Morgan fingerprint density at radius 1 is 1.27 bits per heavy atom. The average molecular weight is 224 g/mol. The molecule has 0 radical (unpaired) electrons. The van der Waals surface area contributed by atoms with E-state index in [2.05, 4.69) is 43.3 Å². The highest BCUT2D eigenvalue weighted by Gasteiger charge is 1.99. The monoisotopic (exact) mass is 224 g/mol. The number of rotatable bonds is 5. The van der Waals surface area contributed by atoms with Crippen LogP contribution in [0.1, 0.15) is 18.5 Å². The third kappa shape index (κ3) is 4.69. The third-order valence-corrected chi connectivity index (χ3v) is 3.21. The van der Waals surface area contributed by atoms with Crippen molar-refractivity contribution in [2.75, 3.05) is 26.4 Å². The first-order chi connectivity index (χ1) is 7.09. The summed E-state index contributed by atoms with van der Waals surface area (Å²) in [6, 6.07) is 8.66. The van der Waals surface area contributed by atoms with Gasteiger partial charge in [0.25, 0.3) is 0 Å². The molecule has 0 aliphatic rings. The molecule has 1 aromatic carbocycles. The molecule has 0 saturated heterocycles. The van der Waals surface area contributed by atoms with E-state index in [9.17, 15) is 0 Å². The molecule has 2 N–H and O–H groups in total. The van der Waals surface area contributed by atoms with Crippen LogP contribution < -0.4 is 5.73 Å². The lowest BCUT2D eigenvalue weighted by Crippen LogP contribution is -2.14. The summed E-state index contributed by atoms with van der Waals surface area (Å²) in [6.07, 6.45) is 0. The van der Waals surface area contributed by atoms with Crippen molar-refractivity contribution in [3.63, 3.8) is 0 Å². The molecule has 0 aliphatic carbocycles. The highest BCUT2D eigenvalue weighted by Crippen LogP contribution is 2.20. The first kappa shape index (κ1) is 12.6. The summed E-state index contributed by atoms with van der Waals surface area (Å²) >= 11 is 1.89. The Morgan fingerprint density at radius 2 is 1.87 bits per heavy atom. The SMILES string of the molecule is C[C@H](N)c1ccc(SCCN(C)C)cc1. The van der Waals surface area contributed by atoms with Crippen LogP contribution in [0.4, 0.5) is 0 Å². The minimum atomic E-state index is 0.130. The maximum atomic E-state index is 5.79. The van der Waals surface area contributed by atoms with Gasteiger partial charge in [0.1, 0.15) is 0 Å². The zero-order valence-electron chi connectivity index (χ0n) is 9.73. The number of nitrogens with two attached hydrogens (primary N) is 1. The van der Waals surface area contributed by atoms with Crippen LogP contribution in [0, 0.1) is 0 Å². The van der Waals surface area contributed by atoms with Gasteiger partial charge in [0.15, 0.2) is 0 Å². The molecule has 3 heteroatoms. The normalized spacial score (nSPS) is 13.1. The van der Waals surface area contributed by atoms with Gasteiger partial charge in [-0.1, -0.05) is 12.1 Å². The molecular weight excluding hydrogens is 204 g/mol. The van der Waals surface area contributed by atoms with Gasteiger partial charge in [0.05, 0.1) is 0 Å². The molecule has 1 atom stereocenters. The summed E-state index contributed by atoms with van der Waals surface area (Å²) in [4.78, 5) is 3.52. The fraction of sp³-hybridized carbons (Fsp3) is 0.500. The first-order valence-electron chi connectivity index (χ1n) is 5.22. The molecule has 2 nitrogen and oxygen atoms in total. The van der Waals surface area contributed by atoms with Gasteiger partial charge in [-0.25, -0.2) is 0 Å². The van der Waals surface area contributed by atoms with Crippen LogP contribution in [0.25, 0.3) is 0 Å². The van der Waals surface area contributed by atoms with E-state index in [4.69, 9.17) is 5.73 Å². The number of hydrogen-bond donors (Lipinski definition) is 1. The van der Waals surface area contributed by atoms with Crippen molar-refractivity contribution in [1.29, 1.82) is 0 Å². The number of hydrogen-bond acceptors (Lipinski definition) is 3. The van der Waals surface area contributed by atoms with E-state index < -0.39 is 0 Å². The standard InChI is InChI=1S/C12H20N2S/c1-10(13)11-4-6-12(7-5-11)15-9-8-14(2)3/h4-7,10H,8-9,13H2,1-3H3/t10-/m0/s1. The Labute approximate surface area is 96.8 Å². The summed E-state index contributed by atoms with van der Waals surface area (Å²) in [5.41, 5.74) is 6.99. The fourth-order valence-electron chi connectivity index (χ4n) is 1.21. The summed E-state index contributed by atoms with van der Waals surface area (Å²) in [5, 5.41) is 0. The maximum Gasteiger partial charge on any atom is 0.0266 e. The largest absolute Gasteiger partial charge is 0.324 e. The van der Waals surface area contributed by atoms with Crippen molar-refractivity contribution in [3.8, 4) is 0 Å². The first-order valence-corrected chi connectivity index (χ1v) is 6.21. The molecule has 0 unspecified atom stereocenters. The lowest BCUT2D eigenvalue weighted by molar-refractivity contribution is 0.437. The summed E-state index contributed by atoms with van der Waals surface area (Å²) < 4.78 is 0. The van der Waals surface area contributed by atoms with Crippen molar-refractivity contribution in [2.24, 2.45) is 5.73 Å². The molecular formula is C12H20N2S. The van der Waals surface area contributed by atoms with Gasteiger partial charge >= 0.3 is 0 Å². The smallest absolute Gasteiger partial charge is 0.0266 e. The molecule has 15 heavy (non-hydrogen) atoms. The second-order valence-electron chi connectivity index (χ2n) is 4.01. The van der Waals surface area contributed by atoms with Gasteiger partial charge in [0, 0.05) is 23.2 Å². The quantitative estimate of drug-likeness (QED) is 0.779. The topological polar surface area (TPSA) is 29.3 Å². The second kappa shape index (κ2) is 6.16. The Kier molecular flexibility index (Phi) is 5.15. The van der Waals surface area contributed by atoms with Crippen LogP contribution in [0.2, 0.25) is 0 Å². The van der Waals surface area contributed by atoms with Crippen LogP contribution >= 0.6 is 11.8 Å². The molecule has 84 valence electrons. The number of nitrogens with zero attached hydrogens (tertiary/aromatic N) is 1. The molecule has 0 heterocycles. The lowest BCUT2D eigenvalue weighted by Gasteiger charge is -2.09. The van der Waals surface area contributed by atoms with Crippen LogP contribution in [-0.4, -0.2) is 31.3 Å². The molecule has 0 aliphatic heterocycles. The predicted molar refractivity (Wildman–Crippen MR) is 68.3 cm³/mol. The van der Waals surface area contributed by atoms with Crippen molar-refractivity contribution in [1.82, 2.24) is 4.90 Å². The van der Waals surface area contributed by atoms with Gasteiger partial charge in [-0.15, -0.1) is 11.8 Å².